The number of halogens is 4. The number of nitrogens with two attached hydrogens (primary N) is 1. The molecule has 0 aromatic heterocycles. The van der Waals surface area contributed by atoms with Gasteiger partial charge < -0.3 is 23.0 Å². The van der Waals surface area contributed by atoms with Gasteiger partial charge in [-0.2, -0.15) is 0 Å². The van der Waals surface area contributed by atoms with E-state index >= 15 is 0 Å². The summed E-state index contributed by atoms with van der Waals surface area (Å²) in [7, 11) is -6.00. The van der Waals surface area contributed by atoms with E-state index in [2.05, 4.69) is 5.73 Å². The molecule has 0 saturated carbocycles. The van der Waals surface area contributed by atoms with Crippen molar-refractivity contribution in [2.75, 3.05) is 0 Å². The topological polar surface area (TPSA) is 49.9 Å². The van der Waals surface area contributed by atoms with Crippen molar-refractivity contribution in [2.45, 2.75) is 0 Å². The Hall–Kier alpha value is -0.745. The van der Waals surface area contributed by atoms with Gasteiger partial charge in [0.2, 0.25) is 0 Å². The minimum Gasteiger partial charge on any atom is -0.418 e. The Kier molecular flexibility index (Phi) is 5.67. The van der Waals surface area contributed by atoms with Crippen molar-refractivity contribution in [1.29, 1.82) is 5.41 Å². The molecule has 7 heteroatoms. The normalized spacial score (nSPS) is 9.00. The van der Waals surface area contributed by atoms with Crippen molar-refractivity contribution in [2.24, 2.45) is 5.73 Å². The fraction of sp³-hybridized carbons (Fsp3) is 0. The Labute approximate surface area is 43.3 Å². The molecule has 0 atom stereocenters. The summed E-state index contributed by atoms with van der Waals surface area (Å²) < 4.78 is 39.0. The summed E-state index contributed by atoms with van der Waals surface area (Å²) in [5, 5.41) is 5.86. The summed E-state index contributed by atoms with van der Waals surface area (Å²) in [6.45, 7) is 0. The highest BCUT2D eigenvalue weighted by molar-refractivity contribution is 6.50. The maximum absolute atomic E-state index is 9.75. The first kappa shape index (κ1) is 10.3. The van der Waals surface area contributed by atoms with Gasteiger partial charge in [0.05, 0.1) is 6.34 Å². The van der Waals surface area contributed by atoms with Crippen LogP contribution in [0.4, 0.5) is 17.3 Å². The molecule has 0 bridgehead atoms. The van der Waals surface area contributed by atoms with Gasteiger partial charge in [0.25, 0.3) is 0 Å². The highest BCUT2D eigenvalue weighted by Crippen LogP contribution is 2.06. The minimum atomic E-state index is -6.00. The quantitative estimate of drug-likeness (QED) is 0.217. The summed E-state index contributed by atoms with van der Waals surface area (Å²) in [5.41, 5.74) is 4.39. The highest BCUT2D eigenvalue weighted by Gasteiger charge is 2.20. The van der Waals surface area contributed by atoms with Crippen LogP contribution in [0.3, 0.4) is 0 Å². The van der Waals surface area contributed by atoms with Crippen molar-refractivity contribution in [3.05, 3.63) is 0 Å². The predicted octanol–water partition coefficient (Wildman–Crippen LogP) is 0.852. The van der Waals surface area contributed by atoms with Crippen molar-refractivity contribution in [3.63, 3.8) is 0 Å². The average Bonchev–Trinajstić information content (AvgIpc) is 1.27. The second-order valence-electron chi connectivity index (χ2n) is 0.662. The molecule has 0 radical (unpaired) electrons. The lowest BCUT2D eigenvalue weighted by molar-refractivity contribution is 0.368. The second kappa shape index (κ2) is 4.41. The molecule has 0 fully saturated rings. The fourth-order valence-electron chi connectivity index (χ4n) is 0. The van der Waals surface area contributed by atoms with Crippen LogP contribution in [-0.4, -0.2) is 13.6 Å². The summed E-state index contributed by atoms with van der Waals surface area (Å²) in [5.74, 6) is 0. The van der Waals surface area contributed by atoms with Crippen LogP contribution in [0, 0.1) is 5.41 Å². The van der Waals surface area contributed by atoms with Gasteiger partial charge in [0.1, 0.15) is 0 Å². The standard InChI is InChI=1S/CH4N2.BF4/c2-1-3;2-1(3,4)5/h1H,(H3,2,3);/q;-1. The molecule has 0 aliphatic heterocycles. The van der Waals surface area contributed by atoms with Gasteiger partial charge in [-0.1, -0.05) is 0 Å². The van der Waals surface area contributed by atoms with Crippen LogP contribution in [0.25, 0.3) is 0 Å². The van der Waals surface area contributed by atoms with Gasteiger partial charge in [-0.05, 0) is 0 Å². The molecule has 0 saturated heterocycles. The van der Waals surface area contributed by atoms with Gasteiger partial charge in [0.15, 0.2) is 0 Å². The third-order valence-electron chi connectivity index (χ3n) is 0. The second-order valence-corrected chi connectivity index (χ2v) is 0.662. The van der Waals surface area contributed by atoms with Crippen LogP contribution >= 0.6 is 0 Å². The third kappa shape index (κ3) is 171. The van der Waals surface area contributed by atoms with E-state index in [0.717, 1.165) is 6.34 Å². The molecule has 0 rings (SSSR count). The van der Waals surface area contributed by atoms with E-state index < -0.39 is 7.25 Å². The first-order valence-corrected chi connectivity index (χ1v) is 1.49. The van der Waals surface area contributed by atoms with E-state index in [1.807, 2.05) is 0 Å². The van der Waals surface area contributed by atoms with E-state index in [-0.39, 0.29) is 0 Å². The van der Waals surface area contributed by atoms with E-state index in [1.54, 1.807) is 0 Å². The maximum atomic E-state index is 9.75. The smallest absolute Gasteiger partial charge is 0.418 e. The van der Waals surface area contributed by atoms with Gasteiger partial charge in [0, 0.05) is 0 Å². The molecule has 0 aromatic carbocycles. The average molecular weight is 131 g/mol. The van der Waals surface area contributed by atoms with Crippen LogP contribution in [-0.2, 0) is 0 Å². The molecule has 0 aliphatic rings. The van der Waals surface area contributed by atoms with Crippen LogP contribution < -0.4 is 5.73 Å². The lowest BCUT2D eigenvalue weighted by Crippen LogP contribution is -2.02. The van der Waals surface area contributed by atoms with Crippen molar-refractivity contribution in [1.82, 2.24) is 0 Å². The van der Waals surface area contributed by atoms with E-state index in [0.29, 0.717) is 0 Å². The summed E-state index contributed by atoms with van der Waals surface area (Å²) in [6, 6.07) is 0. The SMILES string of the molecule is F[B-](F)(F)F.N=CN. The molecule has 0 unspecified atom stereocenters. The molecule has 0 aliphatic carbocycles. The summed E-state index contributed by atoms with van der Waals surface area (Å²) >= 11 is 0. The number of hydrogen-bond acceptors (Lipinski definition) is 1. The minimum absolute atomic E-state index is 0.750. The van der Waals surface area contributed by atoms with Gasteiger partial charge >= 0.3 is 7.25 Å². The Morgan fingerprint density at radius 3 is 1.25 bits per heavy atom. The third-order valence-corrected chi connectivity index (χ3v) is 0. The summed E-state index contributed by atoms with van der Waals surface area (Å²) in [6.07, 6.45) is 0.750. The Balaban J connectivity index is 0. The van der Waals surface area contributed by atoms with Gasteiger partial charge in [-0.3, -0.25) is 5.41 Å². The number of rotatable bonds is 0. The van der Waals surface area contributed by atoms with E-state index in [4.69, 9.17) is 5.41 Å². The van der Waals surface area contributed by atoms with E-state index in [9.17, 15) is 17.3 Å². The molecular formula is CH4BF4N2-. The zero-order valence-corrected chi connectivity index (χ0v) is 3.74. The van der Waals surface area contributed by atoms with Gasteiger partial charge in [-0.15, -0.1) is 0 Å². The molecule has 0 spiro atoms. The molecule has 3 N–H and O–H groups in total. The molecule has 50 valence electrons. The van der Waals surface area contributed by atoms with Gasteiger partial charge in [-0.25, -0.2) is 0 Å². The lowest BCUT2D eigenvalue weighted by atomic mass is 10.3. The van der Waals surface area contributed by atoms with Crippen molar-refractivity contribution in [3.8, 4) is 0 Å². The molecule has 0 aromatic rings. The Morgan fingerprint density at radius 2 is 1.25 bits per heavy atom. The van der Waals surface area contributed by atoms with Crippen LogP contribution in [0.1, 0.15) is 0 Å². The first-order valence-electron chi connectivity index (χ1n) is 1.49. The zero-order chi connectivity index (χ0) is 7.21. The lowest BCUT2D eigenvalue weighted by Gasteiger charge is -1.94. The molecule has 2 nitrogen and oxygen atoms in total. The first-order chi connectivity index (χ1) is 3.41. The highest BCUT2D eigenvalue weighted by atomic mass is 19.5. The molecule has 0 amide bonds. The van der Waals surface area contributed by atoms with Crippen LogP contribution in [0.5, 0.6) is 0 Å². The Morgan fingerprint density at radius 1 is 1.25 bits per heavy atom. The summed E-state index contributed by atoms with van der Waals surface area (Å²) in [4.78, 5) is 0. The maximum Gasteiger partial charge on any atom is 0.673 e. The molecule has 0 heterocycles. The molecule has 8 heavy (non-hydrogen) atoms. The molecular weight excluding hydrogens is 127 g/mol. The van der Waals surface area contributed by atoms with E-state index in [1.165, 1.54) is 0 Å². The van der Waals surface area contributed by atoms with Crippen LogP contribution in [0.15, 0.2) is 0 Å². The zero-order valence-electron chi connectivity index (χ0n) is 3.74. The Bertz CT molecular complexity index is 53.5. The van der Waals surface area contributed by atoms with Crippen LogP contribution in [0.2, 0.25) is 0 Å². The largest absolute Gasteiger partial charge is 0.673 e. The predicted molar refractivity (Wildman–Crippen MR) is 23.2 cm³/mol. The monoisotopic (exact) mass is 131 g/mol. The number of nitrogens with one attached hydrogen (secondary N) is 1. The fourth-order valence-corrected chi connectivity index (χ4v) is 0. The number of hydrogen-bond donors (Lipinski definition) is 2. The van der Waals surface area contributed by atoms with Crippen molar-refractivity contribution >= 4 is 13.6 Å². The van der Waals surface area contributed by atoms with Crippen molar-refractivity contribution < 1.29 is 17.3 Å².